The topological polar surface area (TPSA) is 58.6 Å². The Morgan fingerprint density at radius 1 is 1.11 bits per heavy atom. The van der Waals surface area contributed by atoms with Crippen molar-refractivity contribution in [3.63, 3.8) is 0 Å². The van der Waals surface area contributed by atoms with Gasteiger partial charge in [-0.2, -0.15) is 4.31 Å². The second-order valence-corrected chi connectivity index (χ2v) is 6.73. The van der Waals surface area contributed by atoms with E-state index >= 15 is 0 Å². The van der Waals surface area contributed by atoms with E-state index in [-0.39, 0.29) is 5.75 Å². The van der Waals surface area contributed by atoms with Crippen LogP contribution in [0.15, 0.2) is 0 Å². The van der Waals surface area contributed by atoms with Gasteiger partial charge in [-0.3, -0.25) is 0 Å². The quantitative estimate of drug-likeness (QED) is 0.634. The first-order chi connectivity index (χ1) is 8.67. The van der Waals surface area contributed by atoms with Crippen LogP contribution in [0.3, 0.4) is 0 Å². The Morgan fingerprint density at radius 3 is 2.50 bits per heavy atom. The van der Waals surface area contributed by atoms with Crippen LogP contribution in [0.5, 0.6) is 0 Å². The molecule has 0 saturated carbocycles. The maximum Gasteiger partial charge on any atom is 0.215 e. The number of hydrogen-bond donors (Lipinski definition) is 1. The van der Waals surface area contributed by atoms with Crippen LogP contribution >= 0.6 is 0 Å². The molecule has 0 radical (unpaired) electrons. The van der Waals surface area contributed by atoms with Gasteiger partial charge in [0.2, 0.25) is 10.0 Å². The molecule has 18 heavy (non-hydrogen) atoms. The van der Waals surface area contributed by atoms with Crippen LogP contribution in [-0.2, 0) is 14.8 Å². The van der Waals surface area contributed by atoms with Gasteiger partial charge >= 0.3 is 0 Å². The minimum Gasteiger partial charge on any atom is -0.379 e. The van der Waals surface area contributed by atoms with Crippen LogP contribution in [-0.4, -0.2) is 57.9 Å². The molecule has 6 heteroatoms. The summed E-state index contributed by atoms with van der Waals surface area (Å²) in [6.45, 7) is 5.68. The van der Waals surface area contributed by atoms with Crippen molar-refractivity contribution in [2.45, 2.75) is 32.6 Å². The minimum atomic E-state index is -3.09. The van der Waals surface area contributed by atoms with Gasteiger partial charge in [-0.25, -0.2) is 8.42 Å². The number of unbranched alkanes of at least 4 members (excludes halogenated alkanes) is 3. The lowest BCUT2D eigenvalue weighted by atomic mass is 10.2. The number of sulfonamides is 1. The molecule has 0 bridgehead atoms. The van der Waals surface area contributed by atoms with Crippen molar-refractivity contribution in [2.75, 3.05) is 45.1 Å². The second kappa shape index (κ2) is 8.85. The Morgan fingerprint density at radius 2 is 1.83 bits per heavy atom. The van der Waals surface area contributed by atoms with Crippen LogP contribution in [0.1, 0.15) is 32.6 Å². The molecule has 0 amide bonds. The van der Waals surface area contributed by atoms with Crippen molar-refractivity contribution in [1.29, 1.82) is 0 Å². The fourth-order valence-electron chi connectivity index (χ4n) is 1.96. The van der Waals surface area contributed by atoms with Gasteiger partial charge in [0, 0.05) is 19.6 Å². The van der Waals surface area contributed by atoms with Gasteiger partial charge in [-0.1, -0.05) is 26.2 Å². The summed E-state index contributed by atoms with van der Waals surface area (Å²) in [5, 5.41) is 3.20. The molecule has 0 unspecified atom stereocenters. The largest absolute Gasteiger partial charge is 0.379 e. The van der Waals surface area contributed by atoms with Crippen molar-refractivity contribution in [3.8, 4) is 0 Å². The molecule has 1 saturated heterocycles. The molecule has 0 aromatic carbocycles. The molecule has 1 aliphatic rings. The van der Waals surface area contributed by atoms with E-state index in [1.54, 1.807) is 0 Å². The third-order valence-electron chi connectivity index (χ3n) is 3.11. The lowest BCUT2D eigenvalue weighted by Crippen LogP contribution is -2.43. The van der Waals surface area contributed by atoms with Crippen molar-refractivity contribution in [2.24, 2.45) is 0 Å². The molecule has 0 aliphatic carbocycles. The molecule has 0 spiro atoms. The van der Waals surface area contributed by atoms with E-state index in [4.69, 9.17) is 4.74 Å². The standard InChI is InChI=1S/C12H26N2O3S/c1-2-3-4-5-6-13-7-12-18(15,16)14-8-10-17-11-9-14/h13H,2-12H2,1H3. The number of morpholine rings is 1. The van der Waals surface area contributed by atoms with Gasteiger partial charge in [0.1, 0.15) is 0 Å². The molecule has 1 N–H and O–H groups in total. The summed E-state index contributed by atoms with van der Waals surface area (Å²) in [5.41, 5.74) is 0. The van der Waals surface area contributed by atoms with Crippen molar-refractivity contribution in [1.82, 2.24) is 9.62 Å². The lowest BCUT2D eigenvalue weighted by molar-refractivity contribution is 0.0730. The van der Waals surface area contributed by atoms with E-state index in [1.807, 2.05) is 0 Å². The molecule has 1 rings (SSSR count). The highest BCUT2D eigenvalue weighted by molar-refractivity contribution is 7.89. The number of nitrogens with one attached hydrogen (secondary N) is 1. The Balaban J connectivity index is 2.09. The molecule has 0 atom stereocenters. The Hall–Kier alpha value is -0.170. The third-order valence-corrected chi connectivity index (χ3v) is 4.98. The Bertz CT molecular complexity index is 300. The predicted molar refractivity (Wildman–Crippen MR) is 73.2 cm³/mol. The predicted octanol–water partition coefficient (Wildman–Crippen LogP) is 0.818. The Kier molecular flexibility index (Phi) is 7.81. The highest BCUT2D eigenvalue weighted by atomic mass is 32.2. The Labute approximate surface area is 111 Å². The highest BCUT2D eigenvalue weighted by Crippen LogP contribution is 2.05. The summed E-state index contributed by atoms with van der Waals surface area (Å²) in [4.78, 5) is 0. The van der Waals surface area contributed by atoms with E-state index in [1.165, 1.54) is 23.6 Å². The minimum absolute atomic E-state index is 0.195. The normalized spacial score (nSPS) is 18.1. The smallest absolute Gasteiger partial charge is 0.215 e. The van der Waals surface area contributed by atoms with Gasteiger partial charge < -0.3 is 10.1 Å². The van der Waals surface area contributed by atoms with Crippen molar-refractivity contribution in [3.05, 3.63) is 0 Å². The molecule has 1 aliphatic heterocycles. The first-order valence-electron chi connectivity index (χ1n) is 6.93. The fraction of sp³-hybridized carbons (Fsp3) is 1.00. The van der Waals surface area contributed by atoms with E-state index in [0.29, 0.717) is 32.8 Å². The van der Waals surface area contributed by atoms with E-state index < -0.39 is 10.0 Å². The third kappa shape index (κ3) is 6.13. The van der Waals surface area contributed by atoms with E-state index in [2.05, 4.69) is 12.2 Å². The maximum absolute atomic E-state index is 12.0. The van der Waals surface area contributed by atoms with E-state index in [9.17, 15) is 8.42 Å². The zero-order chi connectivity index (χ0) is 13.3. The van der Waals surface area contributed by atoms with Crippen molar-refractivity contribution >= 4 is 10.0 Å². The molecule has 0 aromatic rings. The number of nitrogens with zero attached hydrogens (tertiary/aromatic N) is 1. The van der Waals surface area contributed by atoms with Crippen LogP contribution in [0.25, 0.3) is 0 Å². The zero-order valence-corrected chi connectivity index (χ0v) is 12.2. The summed E-state index contributed by atoms with van der Waals surface area (Å²) in [7, 11) is -3.09. The van der Waals surface area contributed by atoms with Gasteiger partial charge in [-0.15, -0.1) is 0 Å². The molecular weight excluding hydrogens is 252 g/mol. The molecule has 108 valence electrons. The molecular formula is C12H26N2O3S. The van der Waals surface area contributed by atoms with Crippen LogP contribution in [0, 0.1) is 0 Å². The van der Waals surface area contributed by atoms with Crippen molar-refractivity contribution < 1.29 is 13.2 Å². The highest BCUT2D eigenvalue weighted by Gasteiger charge is 2.23. The SMILES string of the molecule is CCCCCCNCCS(=O)(=O)N1CCOCC1. The molecule has 5 nitrogen and oxygen atoms in total. The summed E-state index contributed by atoms with van der Waals surface area (Å²) < 4.78 is 30.6. The monoisotopic (exact) mass is 278 g/mol. The van der Waals surface area contributed by atoms with Gasteiger partial charge in [0.05, 0.1) is 19.0 Å². The maximum atomic E-state index is 12.0. The summed E-state index contributed by atoms with van der Waals surface area (Å²) in [6, 6.07) is 0. The average molecular weight is 278 g/mol. The number of rotatable bonds is 9. The first kappa shape index (κ1) is 15.9. The first-order valence-corrected chi connectivity index (χ1v) is 8.54. The number of ether oxygens (including phenoxy) is 1. The van der Waals surface area contributed by atoms with Gasteiger partial charge in [0.15, 0.2) is 0 Å². The average Bonchev–Trinajstić information content (AvgIpc) is 2.39. The number of hydrogen-bond acceptors (Lipinski definition) is 4. The molecule has 0 aromatic heterocycles. The molecule has 1 heterocycles. The van der Waals surface area contributed by atoms with E-state index in [0.717, 1.165) is 13.0 Å². The van der Waals surface area contributed by atoms with Crippen LogP contribution in [0.4, 0.5) is 0 Å². The fourth-order valence-corrected chi connectivity index (χ4v) is 3.32. The van der Waals surface area contributed by atoms with Crippen LogP contribution < -0.4 is 5.32 Å². The van der Waals surface area contributed by atoms with Gasteiger partial charge in [0.25, 0.3) is 0 Å². The lowest BCUT2D eigenvalue weighted by Gasteiger charge is -2.26. The summed E-state index contributed by atoms with van der Waals surface area (Å²) in [6.07, 6.45) is 4.84. The summed E-state index contributed by atoms with van der Waals surface area (Å²) in [5.74, 6) is 0.195. The molecule has 1 fully saturated rings. The summed E-state index contributed by atoms with van der Waals surface area (Å²) >= 11 is 0. The zero-order valence-electron chi connectivity index (χ0n) is 11.4. The second-order valence-electron chi connectivity index (χ2n) is 4.64. The van der Waals surface area contributed by atoms with Gasteiger partial charge in [-0.05, 0) is 13.0 Å². The van der Waals surface area contributed by atoms with Crippen LogP contribution in [0.2, 0.25) is 0 Å².